The average Bonchev–Trinajstić information content (AvgIpc) is 2.62. The second-order valence-electron chi connectivity index (χ2n) is 5.91. The number of nitrogens with zero attached hydrogens (tertiary/aromatic N) is 1. The second-order valence-corrected chi connectivity index (χ2v) is 5.91. The molecule has 1 heterocycles. The smallest absolute Gasteiger partial charge is 0.269 e. The van der Waals surface area contributed by atoms with E-state index in [1.165, 1.54) is 12.1 Å². The van der Waals surface area contributed by atoms with E-state index in [-0.39, 0.29) is 23.9 Å². The third-order valence-corrected chi connectivity index (χ3v) is 4.24. The summed E-state index contributed by atoms with van der Waals surface area (Å²) in [4.78, 5) is 22.8. The summed E-state index contributed by atoms with van der Waals surface area (Å²) in [5, 5.41) is 13.9. The Bertz CT molecular complexity index is 850. The third kappa shape index (κ3) is 3.46. The number of anilines is 1. The number of amides is 1. The van der Waals surface area contributed by atoms with Crippen LogP contribution < -0.4 is 14.8 Å². The number of hydrogen-bond donors (Lipinski definition) is 1. The Morgan fingerprint density at radius 3 is 2.50 bits per heavy atom. The molecule has 7 nitrogen and oxygen atoms in total. The van der Waals surface area contributed by atoms with E-state index < -0.39 is 4.92 Å². The lowest BCUT2D eigenvalue weighted by Crippen LogP contribution is -2.23. The van der Waals surface area contributed by atoms with Gasteiger partial charge in [0.15, 0.2) is 11.5 Å². The second kappa shape index (κ2) is 7.43. The summed E-state index contributed by atoms with van der Waals surface area (Å²) in [6, 6.07) is 10.0. The summed E-state index contributed by atoms with van der Waals surface area (Å²) in [5.41, 5.74) is 2.23. The van der Waals surface area contributed by atoms with E-state index >= 15 is 0 Å². The Kier molecular flexibility index (Phi) is 5.06. The van der Waals surface area contributed by atoms with Gasteiger partial charge in [-0.1, -0.05) is 12.1 Å². The molecule has 1 unspecified atom stereocenters. The first kappa shape index (κ1) is 17.7. The summed E-state index contributed by atoms with van der Waals surface area (Å²) in [6.45, 7) is 4.71. The van der Waals surface area contributed by atoms with E-state index in [9.17, 15) is 14.9 Å². The SMILES string of the molecule is CCOc1cc2c(cc1OCC)C(c1cccc([N+](=O)[O-])c1)CC(=O)N2. The number of benzene rings is 2. The van der Waals surface area contributed by atoms with Crippen molar-refractivity contribution in [2.75, 3.05) is 18.5 Å². The number of nitro groups is 1. The number of fused-ring (bicyclic) bond motifs is 1. The van der Waals surface area contributed by atoms with Gasteiger partial charge in [-0.05, 0) is 31.0 Å². The fraction of sp³-hybridized carbons (Fsp3) is 0.316. The molecule has 0 saturated carbocycles. The molecule has 0 bridgehead atoms. The Hall–Kier alpha value is -3.09. The van der Waals surface area contributed by atoms with Crippen LogP contribution in [0.2, 0.25) is 0 Å². The Labute approximate surface area is 151 Å². The molecule has 7 heteroatoms. The zero-order valence-electron chi connectivity index (χ0n) is 14.7. The fourth-order valence-corrected chi connectivity index (χ4v) is 3.16. The summed E-state index contributed by atoms with van der Waals surface area (Å²) in [6.07, 6.45) is 0.216. The number of non-ortho nitro benzene ring substituents is 1. The maximum absolute atomic E-state index is 12.2. The minimum Gasteiger partial charge on any atom is -0.490 e. The van der Waals surface area contributed by atoms with Crippen LogP contribution in [0, 0.1) is 10.1 Å². The highest BCUT2D eigenvalue weighted by Crippen LogP contribution is 2.43. The van der Waals surface area contributed by atoms with Crippen molar-refractivity contribution >= 4 is 17.3 Å². The van der Waals surface area contributed by atoms with Crippen molar-refractivity contribution < 1.29 is 19.2 Å². The Morgan fingerprint density at radius 1 is 1.15 bits per heavy atom. The van der Waals surface area contributed by atoms with Crippen LogP contribution in [-0.2, 0) is 4.79 Å². The highest BCUT2D eigenvalue weighted by Gasteiger charge is 2.29. The van der Waals surface area contributed by atoms with E-state index in [1.807, 2.05) is 19.9 Å². The summed E-state index contributed by atoms with van der Waals surface area (Å²) >= 11 is 0. The number of rotatable bonds is 6. The molecule has 1 N–H and O–H groups in total. The van der Waals surface area contributed by atoms with Crippen LogP contribution in [0.3, 0.4) is 0 Å². The molecule has 1 aliphatic heterocycles. The monoisotopic (exact) mass is 356 g/mol. The Balaban J connectivity index is 2.10. The van der Waals surface area contributed by atoms with Crippen molar-refractivity contribution in [3.05, 3.63) is 57.6 Å². The molecule has 0 aromatic heterocycles. The molecule has 1 aliphatic rings. The van der Waals surface area contributed by atoms with Gasteiger partial charge in [0.1, 0.15) is 0 Å². The molecule has 2 aromatic carbocycles. The molecule has 3 rings (SSSR count). The molecule has 26 heavy (non-hydrogen) atoms. The molecule has 1 amide bonds. The van der Waals surface area contributed by atoms with Crippen LogP contribution in [0.15, 0.2) is 36.4 Å². The number of hydrogen-bond acceptors (Lipinski definition) is 5. The van der Waals surface area contributed by atoms with Gasteiger partial charge in [-0.2, -0.15) is 0 Å². The number of carbonyl (C=O) groups is 1. The van der Waals surface area contributed by atoms with Crippen molar-refractivity contribution in [1.29, 1.82) is 0 Å². The quantitative estimate of drug-likeness (QED) is 0.627. The van der Waals surface area contributed by atoms with Gasteiger partial charge < -0.3 is 14.8 Å². The minimum atomic E-state index is -0.433. The average molecular weight is 356 g/mol. The van der Waals surface area contributed by atoms with Crippen LogP contribution in [-0.4, -0.2) is 24.0 Å². The first-order valence-electron chi connectivity index (χ1n) is 8.51. The molecule has 0 radical (unpaired) electrons. The standard InChI is InChI=1S/C19H20N2O5/c1-3-25-17-9-15-14(12-6-5-7-13(8-12)21(23)24)10-19(22)20-16(15)11-18(17)26-4-2/h5-9,11,14H,3-4,10H2,1-2H3,(H,20,22). The van der Waals surface area contributed by atoms with Crippen molar-refractivity contribution in [3.63, 3.8) is 0 Å². The highest BCUT2D eigenvalue weighted by atomic mass is 16.6. The van der Waals surface area contributed by atoms with Crippen molar-refractivity contribution in [3.8, 4) is 11.5 Å². The van der Waals surface area contributed by atoms with E-state index in [1.54, 1.807) is 18.2 Å². The van der Waals surface area contributed by atoms with E-state index in [0.717, 1.165) is 11.1 Å². The molecule has 2 aromatic rings. The summed E-state index contributed by atoms with van der Waals surface area (Å²) < 4.78 is 11.3. The van der Waals surface area contributed by atoms with Gasteiger partial charge in [-0.3, -0.25) is 14.9 Å². The minimum absolute atomic E-state index is 0.00556. The van der Waals surface area contributed by atoms with Gasteiger partial charge in [0.2, 0.25) is 5.91 Å². The summed E-state index contributed by atoms with van der Waals surface area (Å²) in [5.74, 6) is 0.738. The summed E-state index contributed by atoms with van der Waals surface area (Å²) in [7, 11) is 0. The van der Waals surface area contributed by atoms with Crippen molar-refractivity contribution in [1.82, 2.24) is 0 Å². The van der Waals surface area contributed by atoms with Crippen molar-refractivity contribution in [2.24, 2.45) is 0 Å². The highest BCUT2D eigenvalue weighted by molar-refractivity contribution is 5.96. The van der Waals surface area contributed by atoms with Crippen LogP contribution in [0.25, 0.3) is 0 Å². The number of nitro benzene ring substituents is 1. The van der Waals surface area contributed by atoms with Gasteiger partial charge in [-0.25, -0.2) is 0 Å². The topological polar surface area (TPSA) is 90.7 Å². The molecule has 0 saturated heterocycles. The predicted octanol–water partition coefficient (Wildman–Crippen LogP) is 3.87. The lowest BCUT2D eigenvalue weighted by Gasteiger charge is -2.27. The van der Waals surface area contributed by atoms with E-state index in [4.69, 9.17) is 9.47 Å². The first-order valence-corrected chi connectivity index (χ1v) is 8.51. The molecular formula is C19H20N2O5. The fourth-order valence-electron chi connectivity index (χ4n) is 3.16. The number of carbonyl (C=O) groups excluding carboxylic acids is 1. The van der Waals surface area contributed by atoms with Gasteiger partial charge >= 0.3 is 0 Å². The zero-order valence-corrected chi connectivity index (χ0v) is 14.7. The number of ether oxygens (including phenoxy) is 2. The number of nitrogens with one attached hydrogen (secondary N) is 1. The molecule has 136 valence electrons. The first-order chi connectivity index (χ1) is 12.5. The molecule has 1 atom stereocenters. The van der Waals surface area contributed by atoms with Gasteiger partial charge in [0.05, 0.1) is 18.1 Å². The zero-order chi connectivity index (χ0) is 18.7. The van der Waals surface area contributed by atoms with Crippen LogP contribution in [0.4, 0.5) is 11.4 Å². The molecule has 0 spiro atoms. The van der Waals surface area contributed by atoms with Crippen LogP contribution in [0.1, 0.15) is 37.3 Å². The molecular weight excluding hydrogens is 336 g/mol. The predicted molar refractivity (Wildman–Crippen MR) is 97.0 cm³/mol. The van der Waals surface area contributed by atoms with Gasteiger partial charge in [0, 0.05) is 36.2 Å². The maximum atomic E-state index is 12.2. The van der Waals surface area contributed by atoms with Gasteiger partial charge in [-0.15, -0.1) is 0 Å². The maximum Gasteiger partial charge on any atom is 0.269 e. The van der Waals surface area contributed by atoms with E-state index in [2.05, 4.69) is 5.32 Å². The van der Waals surface area contributed by atoms with E-state index in [0.29, 0.717) is 30.4 Å². The molecule has 0 aliphatic carbocycles. The Morgan fingerprint density at radius 2 is 1.85 bits per heavy atom. The lowest BCUT2D eigenvalue weighted by molar-refractivity contribution is -0.384. The van der Waals surface area contributed by atoms with Gasteiger partial charge in [0.25, 0.3) is 5.69 Å². The largest absolute Gasteiger partial charge is 0.490 e. The molecule has 0 fully saturated rings. The lowest BCUT2D eigenvalue weighted by atomic mass is 9.84. The van der Waals surface area contributed by atoms with Crippen LogP contribution in [0.5, 0.6) is 11.5 Å². The normalized spacial score (nSPS) is 15.8. The van der Waals surface area contributed by atoms with Crippen LogP contribution >= 0.6 is 0 Å². The van der Waals surface area contributed by atoms with Crippen molar-refractivity contribution in [2.45, 2.75) is 26.2 Å². The third-order valence-electron chi connectivity index (χ3n) is 4.24.